The quantitative estimate of drug-likeness (QED) is 0.420. The average molecular weight is 368 g/mol. The molecule has 0 fully saturated rings. The predicted octanol–water partition coefficient (Wildman–Crippen LogP) is 1.92. The van der Waals surface area contributed by atoms with E-state index >= 15 is 4.39 Å². The van der Waals surface area contributed by atoms with Gasteiger partial charge in [-0.1, -0.05) is 0 Å². The second-order valence-electron chi connectivity index (χ2n) is 6.13. The minimum atomic E-state index is -0.832. The van der Waals surface area contributed by atoms with Crippen LogP contribution in [0.15, 0.2) is 34.1 Å². The largest absolute Gasteiger partial charge is 0.326 e. The van der Waals surface area contributed by atoms with E-state index in [0.717, 1.165) is 0 Å². The molecule has 0 saturated carbocycles. The SMILES string of the molecule is Cn1ncc2c(F)ccc(-c3c(F)c4[nH]c(=O)[nH]c(=O)c4c4[nH]ncc34)c21. The van der Waals surface area contributed by atoms with Gasteiger partial charge in [0.05, 0.1) is 39.7 Å². The maximum Gasteiger partial charge on any atom is 0.326 e. The first-order chi connectivity index (χ1) is 13.0. The molecule has 0 aliphatic heterocycles. The zero-order chi connectivity index (χ0) is 18.9. The van der Waals surface area contributed by atoms with E-state index in [2.05, 4.69) is 25.3 Å². The first kappa shape index (κ1) is 15.4. The zero-order valence-electron chi connectivity index (χ0n) is 13.7. The van der Waals surface area contributed by atoms with E-state index in [1.165, 1.54) is 29.2 Å². The Balaban J connectivity index is 2.07. The number of hydrogen-bond donors (Lipinski definition) is 3. The lowest BCUT2D eigenvalue weighted by molar-refractivity contribution is 0.637. The van der Waals surface area contributed by atoms with Gasteiger partial charge in [0.1, 0.15) is 5.82 Å². The summed E-state index contributed by atoms with van der Waals surface area (Å²) in [7, 11) is 1.61. The van der Waals surface area contributed by atoms with Crippen molar-refractivity contribution in [2.75, 3.05) is 0 Å². The van der Waals surface area contributed by atoms with Crippen molar-refractivity contribution in [1.29, 1.82) is 0 Å². The molecule has 0 aliphatic carbocycles. The summed E-state index contributed by atoms with van der Waals surface area (Å²) in [5.74, 6) is -1.30. The molecule has 0 amide bonds. The minimum absolute atomic E-state index is 0.0493. The van der Waals surface area contributed by atoms with Crippen molar-refractivity contribution in [2.24, 2.45) is 7.05 Å². The Labute approximate surface area is 147 Å². The third-order valence-corrected chi connectivity index (χ3v) is 4.66. The highest BCUT2D eigenvalue weighted by Gasteiger charge is 2.23. The maximum absolute atomic E-state index is 15.5. The molecule has 5 rings (SSSR count). The molecule has 0 atom stereocenters. The molecule has 0 bridgehead atoms. The fraction of sp³-hybridized carbons (Fsp3) is 0.0588. The molecule has 0 radical (unpaired) electrons. The molecule has 0 unspecified atom stereocenters. The number of H-pyrrole nitrogens is 3. The number of benzene rings is 2. The zero-order valence-corrected chi connectivity index (χ0v) is 13.7. The summed E-state index contributed by atoms with van der Waals surface area (Å²) < 4.78 is 31.1. The lowest BCUT2D eigenvalue weighted by atomic mass is 9.97. The third kappa shape index (κ3) is 1.94. The van der Waals surface area contributed by atoms with Crippen LogP contribution in [0.2, 0.25) is 0 Å². The highest BCUT2D eigenvalue weighted by molar-refractivity contribution is 6.13. The Hall–Kier alpha value is -3.82. The number of nitrogens with zero attached hydrogens (tertiary/aromatic N) is 3. The summed E-state index contributed by atoms with van der Waals surface area (Å²) in [4.78, 5) is 28.3. The van der Waals surface area contributed by atoms with Crippen molar-refractivity contribution in [1.82, 2.24) is 29.9 Å². The van der Waals surface area contributed by atoms with Crippen LogP contribution in [-0.4, -0.2) is 29.9 Å². The molecule has 3 aromatic heterocycles. The van der Waals surface area contributed by atoms with Crippen molar-refractivity contribution in [3.05, 3.63) is 57.0 Å². The lowest BCUT2D eigenvalue weighted by Crippen LogP contribution is -2.23. The van der Waals surface area contributed by atoms with Gasteiger partial charge in [-0.25, -0.2) is 13.6 Å². The summed E-state index contributed by atoms with van der Waals surface area (Å²) in [6.45, 7) is 0. The van der Waals surface area contributed by atoms with E-state index < -0.39 is 22.9 Å². The second-order valence-corrected chi connectivity index (χ2v) is 6.13. The lowest BCUT2D eigenvalue weighted by Gasteiger charge is -2.11. The number of rotatable bonds is 1. The van der Waals surface area contributed by atoms with Crippen LogP contribution >= 0.6 is 0 Å². The molecular weight excluding hydrogens is 358 g/mol. The Morgan fingerprint density at radius 3 is 2.67 bits per heavy atom. The smallest absolute Gasteiger partial charge is 0.304 e. The Morgan fingerprint density at radius 1 is 1.04 bits per heavy atom. The number of aryl methyl sites for hydroxylation is 1. The molecule has 10 heteroatoms. The van der Waals surface area contributed by atoms with Gasteiger partial charge < -0.3 is 4.98 Å². The number of aromatic nitrogens is 6. The molecule has 8 nitrogen and oxygen atoms in total. The van der Waals surface area contributed by atoms with Gasteiger partial charge in [-0.3, -0.25) is 19.6 Å². The van der Waals surface area contributed by atoms with Crippen molar-refractivity contribution in [3.63, 3.8) is 0 Å². The van der Waals surface area contributed by atoms with E-state index in [9.17, 15) is 14.0 Å². The molecule has 5 aromatic rings. The van der Waals surface area contributed by atoms with E-state index in [1.54, 1.807) is 7.05 Å². The van der Waals surface area contributed by atoms with Crippen LogP contribution < -0.4 is 11.2 Å². The van der Waals surface area contributed by atoms with Crippen LogP contribution in [0, 0.1) is 11.6 Å². The summed E-state index contributed by atoms with van der Waals surface area (Å²) in [6.07, 6.45) is 2.73. The molecule has 3 heterocycles. The highest BCUT2D eigenvalue weighted by Crippen LogP contribution is 2.38. The van der Waals surface area contributed by atoms with Crippen LogP contribution in [0.25, 0.3) is 43.8 Å². The monoisotopic (exact) mass is 368 g/mol. The van der Waals surface area contributed by atoms with Crippen LogP contribution in [-0.2, 0) is 7.05 Å². The van der Waals surface area contributed by atoms with Gasteiger partial charge in [0.2, 0.25) is 0 Å². The second kappa shape index (κ2) is 5.10. The first-order valence-corrected chi connectivity index (χ1v) is 7.89. The summed E-state index contributed by atoms with van der Waals surface area (Å²) in [5.41, 5.74) is -0.740. The normalized spacial score (nSPS) is 11.8. The van der Waals surface area contributed by atoms with Gasteiger partial charge in [-0.05, 0) is 12.1 Å². The fourth-order valence-electron chi connectivity index (χ4n) is 3.52. The molecular formula is C17H10F2N6O2. The summed E-state index contributed by atoms with van der Waals surface area (Å²) >= 11 is 0. The Bertz CT molecular complexity index is 1510. The highest BCUT2D eigenvalue weighted by atomic mass is 19.1. The van der Waals surface area contributed by atoms with Gasteiger partial charge >= 0.3 is 5.69 Å². The Kier molecular flexibility index (Phi) is 2.91. The van der Waals surface area contributed by atoms with Crippen LogP contribution in [0.5, 0.6) is 0 Å². The summed E-state index contributed by atoms with van der Waals surface area (Å²) in [6, 6.07) is 2.65. The Morgan fingerprint density at radius 2 is 1.85 bits per heavy atom. The van der Waals surface area contributed by atoms with Crippen LogP contribution in [0.4, 0.5) is 8.78 Å². The van der Waals surface area contributed by atoms with Gasteiger partial charge in [0, 0.05) is 23.6 Å². The maximum atomic E-state index is 15.5. The van der Waals surface area contributed by atoms with Crippen molar-refractivity contribution in [2.45, 2.75) is 0 Å². The van der Waals surface area contributed by atoms with Crippen LogP contribution in [0.1, 0.15) is 0 Å². The number of fused-ring (bicyclic) bond motifs is 4. The van der Waals surface area contributed by atoms with Crippen molar-refractivity contribution >= 4 is 32.7 Å². The number of hydrogen-bond acceptors (Lipinski definition) is 4. The molecule has 2 aromatic carbocycles. The number of aromatic amines is 3. The molecule has 134 valence electrons. The van der Waals surface area contributed by atoms with Gasteiger partial charge in [-0.15, -0.1) is 0 Å². The fourth-order valence-corrected chi connectivity index (χ4v) is 3.52. The molecule has 27 heavy (non-hydrogen) atoms. The molecule has 0 spiro atoms. The van der Waals surface area contributed by atoms with Crippen molar-refractivity contribution in [3.8, 4) is 11.1 Å². The van der Waals surface area contributed by atoms with Gasteiger partial charge in [0.15, 0.2) is 5.82 Å². The molecule has 3 N–H and O–H groups in total. The molecule has 0 aliphatic rings. The van der Waals surface area contributed by atoms with Crippen molar-refractivity contribution < 1.29 is 8.78 Å². The first-order valence-electron chi connectivity index (χ1n) is 7.89. The van der Waals surface area contributed by atoms with E-state index in [4.69, 9.17) is 0 Å². The van der Waals surface area contributed by atoms with Crippen LogP contribution in [0.3, 0.4) is 0 Å². The predicted molar refractivity (Wildman–Crippen MR) is 94.5 cm³/mol. The number of nitrogens with one attached hydrogen (secondary N) is 3. The topological polar surface area (TPSA) is 112 Å². The van der Waals surface area contributed by atoms with E-state index in [1.807, 2.05) is 0 Å². The standard InChI is InChI=1S/C17H10F2N6O2/c1-25-15-6(2-3-9(18)7(15)5-21-25)10-8-4-20-24-13(8)11-14(12(10)19)22-17(27)23-16(11)26/h2-5H,1H3,(H,20,24)(H2,22,23,26,27). The van der Waals surface area contributed by atoms with E-state index in [-0.39, 0.29) is 27.4 Å². The number of halogens is 2. The van der Waals surface area contributed by atoms with E-state index in [0.29, 0.717) is 16.5 Å². The van der Waals surface area contributed by atoms with Gasteiger partial charge in [0.25, 0.3) is 5.56 Å². The summed E-state index contributed by atoms with van der Waals surface area (Å²) in [5, 5.41) is 11.1. The van der Waals surface area contributed by atoms with Gasteiger partial charge in [-0.2, -0.15) is 10.2 Å². The molecule has 0 saturated heterocycles. The average Bonchev–Trinajstić information content (AvgIpc) is 3.24. The minimum Gasteiger partial charge on any atom is -0.304 e. The third-order valence-electron chi connectivity index (χ3n) is 4.66.